The average Bonchev–Trinajstić information content (AvgIpc) is 2.07. The number of hydrogen-bond donors (Lipinski definition) is 1. The molecule has 15 heavy (non-hydrogen) atoms. The van der Waals surface area contributed by atoms with Gasteiger partial charge in [-0.2, -0.15) is 8.42 Å². The van der Waals surface area contributed by atoms with Crippen LogP contribution in [0.4, 0.5) is 0 Å². The van der Waals surface area contributed by atoms with Crippen molar-refractivity contribution in [3.63, 3.8) is 0 Å². The van der Waals surface area contributed by atoms with E-state index in [1.165, 1.54) is 0 Å². The second-order valence-corrected chi connectivity index (χ2v) is 4.54. The first-order chi connectivity index (χ1) is 6.45. The summed E-state index contributed by atoms with van der Waals surface area (Å²) < 4.78 is 33.6. The predicted molar refractivity (Wildman–Crippen MR) is 57.3 cm³/mol. The van der Waals surface area contributed by atoms with Crippen LogP contribution in [-0.2, 0) is 19.6 Å². The van der Waals surface area contributed by atoms with Crippen LogP contribution in [-0.4, -0.2) is 69.0 Å². The molecular formula is C8H16CaO5S. The molecule has 86 valence electrons. The van der Waals surface area contributed by atoms with E-state index in [1.54, 1.807) is 0 Å². The van der Waals surface area contributed by atoms with E-state index < -0.39 is 10.1 Å². The maximum absolute atomic E-state index is 10.9. The van der Waals surface area contributed by atoms with E-state index in [4.69, 9.17) is 9.29 Å². The first kappa shape index (κ1) is 18.0. The minimum atomic E-state index is -3.93. The molecule has 0 rings (SSSR count). The monoisotopic (exact) mass is 264 g/mol. The van der Waals surface area contributed by atoms with Crippen molar-refractivity contribution < 1.29 is 22.5 Å². The Balaban J connectivity index is 0. The number of rotatable bonds is 7. The van der Waals surface area contributed by atoms with Crippen LogP contribution in [0.25, 0.3) is 0 Å². The van der Waals surface area contributed by atoms with Gasteiger partial charge in [0.05, 0.1) is 12.4 Å². The van der Waals surface area contributed by atoms with Gasteiger partial charge >= 0.3 is 5.97 Å². The van der Waals surface area contributed by atoms with Gasteiger partial charge in [0.1, 0.15) is 0 Å². The summed E-state index contributed by atoms with van der Waals surface area (Å²) in [5.41, 5.74) is 0. The minimum absolute atomic E-state index is 0. The third kappa shape index (κ3) is 14.6. The molecule has 0 unspecified atom stereocenters. The Bertz CT molecular complexity index is 262. The second kappa shape index (κ2) is 9.84. The number of hydrogen-bond acceptors (Lipinski definition) is 4. The van der Waals surface area contributed by atoms with E-state index in [9.17, 15) is 13.2 Å². The van der Waals surface area contributed by atoms with E-state index in [0.717, 1.165) is 12.8 Å². The largest absolute Gasteiger partial charge is 0.466 e. The Morgan fingerprint density at radius 1 is 1.33 bits per heavy atom. The van der Waals surface area contributed by atoms with Crippen molar-refractivity contribution in [1.29, 1.82) is 0 Å². The third-order valence-electron chi connectivity index (χ3n) is 1.54. The van der Waals surface area contributed by atoms with Crippen molar-refractivity contribution in [1.82, 2.24) is 0 Å². The molecule has 0 saturated heterocycles. The van der Waals surface area contributed by atoms with Crippen molar-refractivity contribution in [2.24, 2.45) is 0 Å². The SMILES string of the molecule is CCCCC(=O)OCCCS(=O)(=O)O.[Ca]. The van der Waals surface area contributed by atoms with Crippen LogP contribution in [0.2, 0.25) is 0 Å². The minimum Gasteiger partial charge on any atom is -0.466 e. The van der Waals surface area contributed by atoms with Gasteiger partial charge in [0, 0.05) is 44.2 Å². The van der Waals surface area contributed by atoms with Crippen LogP contribution in [0.3, 0.4) is 0 Å². The van der Waals surface area contributed by atoms with Crippen molar-refractivity contribution >= 4 is 53.8 Å². The van der Waals surface area contributed by atoms with Crippen LogP contribution in [0.1, 0.15) is 32.6 Å². The van der Waals surface area contributed by atoms with Gasteiger partial charge in [0.15, 0.2) is 0 Å². The van der Waals surface area contributed by atoms with Gasteiger partial charge < -0.3 is 4.74 Å². The first-order valence-electron chi connectivity index (χ1n) is 4.56. The number of unbranched alkanes of at least 4 members (excludes halogenated alkanes) is 1. The third-order valence-corrected chi connectivity index (χ3v) is 2.35. The van der Waals surface area contributed by atoms with Crippen molar-refractivity contribution in [3.8, 4) is 0 Å². The van der Waals surface area contributed by atoms with E-state index in [2.05, 4.69) is 0 Å². The molecule has 0 fully saturated rings. The Kier molecular flexibility index (Phi) is 11.8. The summed E-state index contributed by atoms with van der Waals surface area (Å²) in [6.07, 6.45) is 2.19. The summed E-state index contributed by atoms with van der Waals surface area (Å²) >= 11 is 0. The van der Waals surface area contributed by atoms with Gasteiger partial charge in [0.2, 0.25) is 0 Å². The summed E-state index contributed by atoms with van der Waals surface area (Å²) in [6.45, 7) is 2.01. The molecule has 0 amide bonds. The second-order valence-electron chi connectivity index (χ2n) is 2.96. The zero-order valence-electron chi connectivity index (χ0n) is 8.94. The quantitative estimate of drug-likeness (QED) is 0.315. The fourth-order valence-electron chi connectivity index (χ4n) is 0.821. The molecule has 0 atom stereocenters. The molecular weight excluding hydrogens is 248 g/mol. The van der Waals surface area contributed by atoms with Gasteiger partial charge in [-0.15, -0.1) is 0 Å². The number of esters is 1. The Hall–Kier alpha value is 0.640. The summed E-state index contributed by atoms with van der Waals surface area (Å²) in [4.78, 5) is 10.9. The molecule has 0 aromatic carbocycles. The summed E-state index contributed by atoms with van der Waals surface area (Å²) in [7, 11) is -3.93. The van der Waals surface area contributed by atoms with Crippen LogP contribution in [0.5, 0.6) is 0 Å². The van der Waals surface area contributed by atoms with Crippen molar-refractivity contribution in [2.45, 2.75) is 32.6 Å². The van der Waals surface area contributed by atoms with Gasteiger partial charge in [-0.3, -0.25) is 9.35 Å². The Labute approximate surface area is 120 Å². The Morgan fingerprint density at radius 2 is 1.93 bits per heavy atom. The first-order valence-corrected chi connectivity index (χ1v) is 6.17. The van der Waals surface area contributed by atoms with Crippen LogP contribution in [0.15, 0.2) is 0 Å². The van der Waals surface area contributed by atoms with E-state index >= 15 is 0 Å². The van der Waals surface area contributed by atoms with Gasteiger partial charge in [0.25, 0.3) is 10.1 Å². The molecule has 1 N–H and O–H groups in total. The molecule has 0 spiro atoms. The molecule has 0 aliphatic heterocycles. The molecule has 0 bridgehead atoms. The smallest absolute Gasteiger partial charge is 0.305 e. The molecule has 0 aromatic heterocycles. The molecule has 5 nitrogen and oxygen atoms in total. The maximum Gasteiger partial charge on any atom is 0.305 e. The van der Waals surface area contributed by atoms with Gasteiger partial charge in [-0.25, -0.2) is 0 Å². The predicted octanol–water partition coefficient (Wildman–Crippen LogP) is 0.617. The van der Waals surface area contributed by atoms with Crippen molar-refractivity contribution in [3.05, 3.63) is 0 Å². The summed E-state index contributed by atoms with van der Waals surface area (Å²) in [5.74, 6) is -0.684. The average molecular weight is 264 g/mol. The topological polar surface area (TPSA) is 80.7 Å². The number of carbonyl (C=O) groups is 1. The van der Waals surface area contributed by atoms with E-state index in [0.29, 0.717) is 6.42 Å². The summed E-state index contributed by atoms with van der Waals surface area (Å²) in [6, 6.07) is 0. The van der Waals surface area contributed by atoms with E-state index in [-0.39, 0.29) is 62.5 Å². The zero-order chi connectivity index (χ0) is 11.0. The molecule has 2 radical (unpaired) electrons. The van der Waals surface area contributed by atoms with Crippen LogP contribution >= 0.6 is 0 Å². The molecule has 0 aliphatic rings. The standard InChI is InChI=1S/C8H16O5S.Ca/c1-2-3-5-8(9)13-6-4-7-14(10,11)12;/h2-7H2,1H3,(H,10,11,12);. The van der Waals surface area contributed by atoms with Crippen LogP contribution in [0, 0.1) is 0 Å². The fourth-order valence-corrected chi connectivity index (χ4v) is 1.30. The van der Waals surface area contributed by atoms with Crippen molar-refractivity contribution in [2.75, 3.05) is 12.4 Å². The molecule has 0 saturated carbocycles. The molecule has 0 aromatic rings. The van der Waals surface area contributed by atoms with Gasteiger partial charge in [-0.1, -0.05) is 13.3 Å². The van der Waals surface area contributed by atoms with E-state index in [1.807, 2.05) is 6.92 Å². The zero-order valence-corrected chi connectivity index (χ0v) is 12.0. The fraction of sp³-hybridized carbons (Fsp3) is 0.875. The maximum atomic E-state index is 10.9. The summed E-state index contributed by atoms with van der Waals surface area (Å²) in [5, 5.41) is 0. The number of carbonyl (C=O) groups excluding carboxylic acids is 1. The normalized spacial score (nSPS) is 10.5. The molecule has 0 heterocycles. The van der Waals surface area contributed by atoms with Gasteiger partial charge in [-0.05, 0) is 12.8 Å². The van der Waals surface area contributed by atoms with Crippen LogP contribution < -0.4 is 0 Å². The molecule has 0 aliphatic carbocycles. The number of ether oxygens (including phenoxy) is 1. The molecule has 7 heteroatoms. The Morgan fingerprint density at radius 3 is 2.40 bits per heavy atom.